The lowest BCUT2D eigenvalue weighted by Gasteiger charge is -2.37. The van der Waals surface area contributed by atoms with Gasteiger partial charge in [-0.1, -0.05) is 35.3 Å². The highest BCUT2D eigenvalue weighted by molar-refractivity contribution is 6.42. The molecule has 2 aromatic carbocycles. The molecule has 6 nitrogen and oxygen atoms in total. The van der Waals surface area contributed by atoms with Crippen molar-refractivity contribution in [1.29, 1.82) is 0 Å². The Morgan fingerprint density at radius 2 is 1.66 bits per heavy atom. The lowest BCUT2D eigenvalue weighted by molar-refractivity contribution is -0.140. The fraction of sp³-hybridized carbons (Fsp3) is 0.552. The molecule has 0 aromatic heterocycles. The van der Waals surface area contributed by atoms with Gasteiger partial charge < -0.3 is 14.7 Å². The molecule has 12 heteroatoms. The molecule has 0 radical (unpaired) electrons. The van der Waals surface area contributed by atoms with E-state index in [2.05, 4.69) is 23.9 Å². The summed E-state index contributed by atoms with van der Waals surface area (Å²) in [6.45, 7) is 6.07. The highest BCUT2D eigenvalue weighted by atomic mass is 35.5. The molecule has 0 N–H and O–H groups in total. The summed E-state index contributed by atoms with van der Waals surface area (Å²) in [6.07, 6.45) is -3.67. The van der Waals surface area contributed by atoms with E-state index in [4.69, 9.17) is 23.2 Å². The summed E-state index contributed by atoms with van der Waals surface area (Å²) < 4.78 is 53.4. The van der Waals surface area contributed by atoms with Gasteiger partial charge in [-0.15, -0.1) is 0 Å². The molecule has 226 valence electrons. The van der Waals surface area contributed by atoms with Crippen LogP contribution in [-0.2, 0) is 12.7 Å². The van der Waals surface area contributed by atoms with E-state index >= 15 is 0 Å². The highest BCUT2D eigenvalue weighted by Crippen LogP contribution is 2.36. The number of hydrogen-bond acceptors (Lipinski definition) is 4. The van der Waals surface area contributed by atoms with Crippen LogP contribution in [-0.4, -0.2) is 110 Å². The van der Waals surface area contributed by atoms with Crippen LogP contribution >= 0.6 is 23.2 Å². The number of hydrogen-bond donors (Lipinski definition) is 0. The number of carbonyl (C=O) groups excluding carboxylic acids is 1. The van der Waals surface area contributed by atoms with Crippen LogP contribution in [0.1, 0.15) is 29.0 Å². The average Bonchev–Trinajstić information content (AvgIpc) is 3.35. The zero-order valence-electron chi connectivity index (χ0n) is 23.6. The number of benzene rings is 2. The minimum absolute atomic E-state index is 0.0283. The molecular formula is C29H37Cl2F4N5O. The second-order valence-electron chi connectivity index (χ2n) is 11.2. The number of rotatable bonds is 8. The van der Waals surface area contributed by atoms with Gasteiger partial charge in [-0.25, -0.2) is 9.18 Å². The van der Waals surface area contributed by atoms with E-state index in [0.29, 0.717) is 41.8 Å². The fourth-order valence-electron chi connectivity index (χ4n) is 5.73. The van der Waals surface area contributed by atoms with Crippen LogP contribution in [0.4, 0.5) is 22.4 Å². The van der Waals surface area contributed by atoms with Gasteiger partial charge in [0, 0.05) is 57.8 Å². The van der Waals surface area contributed by atoms with Gasteiger partial charge >= 0.3 is 12.2 Å². The lowest BCUT2D eigenvalue weighted by Crippen LogP contribution is -2.53. The molecule has 0 saturated carbocycles. The number of carbonyl (C=O) groups is 1. The molecule has 4 rings (SSSR count). The Hall–Kier alpha value is -2.11. The van der Waals surface area contributed by atoms with Gasteiger partial charge in [0.1, 0.15) is 5.82 Å². The molecule has 2 heterocycles. The molecule has 0 bridgehead atoms. The summed E-state index contributed by atoms with van der Waals surface area (Å²) in [6, 6.07) is 8.22. The Kier molecular flexibility index (Phi) is 10.4. The highest BCUT2D eigenvalue weighted by Gasteiger charge is 2.40. The molecule has 2 atom stereocenters. The first-order valence-corrected chi connectivity index (χ1v) is 14.5. The Morgan fingerprint density at radius 3 is 2.27 bits per heavy atom. The number of likely N-dealkylation sites (N-methyl/N-ethyl adjacent to an activating group) is 1. The van der Waals surface area contributed by atoms with Crippen molar-refractivity contribution in [3.63, 3.8) is 0 Å². The third kappa shape index (κ3) is 8.04. The van der Waals surface area contributed by atoms with Crippen LogP contribution in [0.25, 0.3) is 0 Å². The van der Waals surface area contributed by atoms with Crippen LogP contribution in [0.3, 0.4) is 0 Å². The van der Waals surface area contributed by atoms with Crippen molar-refractivity contribution < 1.29 is 22.4 Å². The van der Waals surface area contributed by atoms with E-state index in [9.17, 15) is 22.4 Å². The first-order chi connectivity index (χ1) is 19.3. The van der Waals surface area contributed by atoms with E-state index in [-0.39, 0.29) is 24.5 Å². The Morgan fingerprint density at radius 1 is 0.951 bits per heavy atom. The van der Waals surface area contributed by atoms with Crippen molar-refractivity contribution in [2.24, 2.45) is 0 Å². The van der Waals surface area contributed by atoms with E-state index in [1.54, 1.807) is 12.1 Å². The monoisotopic (exact) mass is 617 g/mol. The van der Waals surface area contributed by atoms with E-state index in [0.717, 1.165) is 50.3 Å². The Bertz CT molecular complexity index is 1210. The van der Waals surface area contributed by atoms with Crippen molar-refractivity contribution in [1.82, 2.24) is 24.5 Å². The standard InChI is InChI=1S/C29H37Cl2F4N5O/c1-36(2)9-4-10-38-11-13-39(14-12-38)28(41)40-18-22(21-6-8-24(30)25(31)16-21)27(19-40)37(3)17-20-5-7-23(26(32)15-20)29(33,34)35/h5-8,15-16,22,27H,4,9-14,17-19H2,1-3H3/t22-,27-/m1/s1. The zero-order valence-corrected chi connectivity index (χ0v) is 25.1. The number of urea groups is 1. The molecule has 41 heavy (non-hydrogen) atoms. The largest absolute Gasteiger partial charge is 0.419 e. The predicted octanol–water partition coefficient (Wildman–Crippen LogP) is 5.74. The molecule has 2 aromatic rings. The van der Waals surface area contributed by atoms with Crippen molar-refractivity contribution in [2.45, 2.75) is 31.1 Å². The van der Waals surface area contributed by atoms with Gasteiger partial charge in [0.2, 0.25) is 0 Å². The topological polar surface area (TPSA) is 33.3 Å². The summed E-state index contributed by atoms with van der Waals surface area (Å²) in [5.41, 5.74) is 0.0462. The van der Waals surface area contributed by atoms with Crippen LogP contribution in [0.5, 0.6) is 0 Å². The SMILES string of the molecule is CN(C)CCCN1CCN(C(=O)N2C[C@H](c3ccc(Cl)c(Cl)c3)[C@H](N(C)Cc3ccc(C(F)(F)F)c(F)c3)C2)CC1. The van der Waals surface area contributed by atoms with E-state index in [1.807, 2.05) is 27.8 Å². The molecule has 0 aliphatic carbocycles. The van der Waals surface area contributed by atoms with Crippen molar-refractivity contribution in [3.8, 4) is 0 Å². The van der Waals surface area contributed by atoms with Crippen LogP contribution in [0.15, 0.2) is 36.4 Å². The lowest BCUT2D eigenvalue weighted by atomic mass is 9.93. The second kappa shape index (κ2) is 13.5. The molecule has 2 saturated heterocycles. The fourth-order valence-corrected chi connectivity index (χ4v) is 6.03. The van der Waals surface area contributed by atoms with Crippen molar-refractivity contribution in [3.05, 3.63) is 69.0 Å². The number of amides is 2. The summed E-state index contributed by atoms with van der Waals surface area (Å²) in [5, 5.41) is 0.834. The maximum Gasteiger partial charge on any atom is 0.419 e. The maximum atomic E-state index is 14.3. The van der Waals surface area contributed by atoms with Crippen molar-refractivity contribution in [2.75, 3.05) is 73.5 Å². The second-order valence-corrected chi connectivity index (χ2v) is 12.1. The van der Waals surface area contributed by atoms with Gasteiger partial charge in [-0.3, -0.25) is 9.80 Å². The molecule has 2 fully saturated rings. The number of likely N-dealkylation sites (tertiary alicyclic amines) is 1. The molecule has 2 aliphatic heterocycles. The predicted molar refractivity (Wildman–Crippen MR) is 154 cm³/mol. The summed E-state index contributed by atoms with van der Waals surface area (Å²) in [5.74, 6) is -1.42. The summed E-state index contributed by atoms with van der Waals surface area (Å²) >= 11 is 12.5. The van der Waals surface area contributed by atoms with Gasteiger partial charge in [0.25, 0.3) is 0 Å². The molecule has 0 spiro atoms. The third-order valence-electron chi connectivity index (χ3n) is 7.99. The van der Waals surface area contributed by atoms with Crippen LogP contribution in [0, 0.1) is 5.82 Å². The number of nitrogens with zero attached hydrogens (tertiary/aromatic N) is 5. The Balaban J connectivity index is 1.46. The van der Waals surface area contributed by atoms with Gasteiger partial charge in [-0.2, -0.15) is 13.2 Å². The number of piperazine rings is 1. The zero-order chi connectivity index (χ0) is 29.9. The normalized spacial score (nSPS) is 20.5. The number of halogens is 6. The maximum absolute atomic E-state index is 14.3. The quantitative estimate of drug-likeness (QED) is 0.354. The number of alkyl halides is 3. The smallest absolute Gasteiger partial charge is 0.322 e. The van der Waals surface area contributed by atoms with Crippen LogP contribution in [0.2, 0.25) is 10.0 Å². The molecule has 2 amide bonds. The van der Waals surface area contributed by atoms with Gasteiger partial charge in [-0.05, 0) is 76.0 Å². The van der Waals surface area contributed by atoms with Crippen LogP contribution < -0.4 is 0 Å². The van der Waals surface area contributed by atoms with E-state index in [1.165, 1.54) is 6.07 Å². The van der Waals surface area contributed by atoms with Gasteiger partial charge in [0.15, 0.2) is 0 Å². The minimum Gasteiger partial charge on any atom is -0.322 e. The molecular weight excluding hydrogens is 581 g/mol. The molecule has 2 aliphatic rings. The average molecular weight is 619 g/mol. The first-order valence-electron chi connectivity index (χ1n) is 13.7. The molecule has 0 unspecified atom stereocenters. The Labute approximate surface area is 249 Å². The third-order valence-corrected chi connectivity index (χ3v) is 8.73. The minimum atomic E-state index is -4.75. The summed E-state index contributed by atoms with van der Waals surface area (Å²) in [4.78, 5) is 23.9. The summed E-state index contributed by atoms with van der Waals surface area (Å²) in [7, 11) is 5.96. The van der Waals surface area contributed by atoms with E-state index < -0.39 is 17.6 Å². The first kappa shape index (κ1) is 31.8. The van der Waals surface area contributed by atoms with Gasteiger partial charge in [0.05, 0.1) is 15.6 Å². The van der Waals surface area contributed by atoms with Crippen molar-refractivity contribution >= 4 is 29.2 Å².